The van der Waals surface area contributed by atoms with Crippen LogP contribution in [0, 0.1) is 13.8 Å². The zero-order valence-corrected chi connectivity index (χ0v) is 13.8. The van der Waals surface area contributed by atoms with Gasteiger partial charge in [0.2, 0.25) is 0 Å². The van der Waals surface area contributed by atoms with Crippen LogP contribution in [0.1, 0.15) is 54.7 Å². The quantitative estimate of drug-likeness (QED) is 0.848. The predicted octanol–water partition coefficient (Wildman–Crippen LogP) is 4.94. The van der Waals surface area contributed by atoms with E-state index in [0.717, 1.165) is 5.56 Å². The molecule has 1 aromatic heterocycles. The first-order valence-electron chi connectivity index (χ1n) is 7.10. The second-order valence-electron chi connectivity index (χ2n) is 6.62. The van der Waals surface area contributed by atoms with Crippen molar-refractivity contribution in [2.45, 2.75) is 52.6 Å². The molecule has 1 atom stereocenters. The third kappa shape index (κ3) is 3.31. The summed E-state index contributed by atoms with van der Waals surface area (Å²) in [7, 11) is 0. The van der Waals surface area contributed by atoms with Gasteiger partial charge in [-0.3, -0.25) is 0 Å². The van der Waals surface area contributed by atoms with Gasteiger partial charge in [0, 0.05) is 6.42 Å². The Hall–Kier alpha value is -1.12. The molecule has 1 unspecified atom stereocenters. The molecular formula is C18H24OS. The first kappa shape index (κ1) is 15.3. The Balaban J connectivity index is 2.29. The molecule has 0 spiro atoms. The first-order chi connectivity index (χ1) is 9.29. The van der Waals surface area contributed by atoms with E-state index in [1.807, 2.05) is 16.8 Å². The van der Waals surface area contributed by atoms with E-state index in [1.165, 1.54) is 22.3 Å². The molecule has 2 heteroatoms. The molecule has 108 valence electrons. The average molecular weight is 288 g/mol. The summed E-state index contributed by atoms with van der Waals surface area (Å²) < 4.78 is 0. The number of aliphatic hydroxyl groups excluding tert-OH is 1. The van der Waals surface area contributed by atoms with Gasteiger partial charge in [0.25, 0.3) is 0 Å². The maximum absolute atomic E-state index is 10.3. The van der Waals surface area contributed by atoms with Crippen LogP contribution in [0.15, 0.2) is 29.0 Å². The third-order valence-corrected chi connectivity index (χ3v) is 4.59. The summed E-state index contributed by atoms with van der Waals surface area (Å²) >= 11 is 1.63. The minimum Gasteiger partial charge on any atom is -0.388 e. The molecule has 0 saturated carbocycles. The molecule has 0 amide bonds. The molecule has 1 nitrogen and oxygen atoms in total. The summed E-state index contributed by atoms with van der Waals surface area (Å²) in [5.74, 6) is 0. The van der Waals surface area contributed by atoms with Gasteiger partial charge >= 0.3 is 0 Å². The summed E-state index contributed by atoms with van der Waals surface area (Å²) in [5.41, 5.74) is 6.39. The molecule has 1 heterocycles. The molecular weight excluding hydrogens is 264 g/mol. The van der Waals surface area contributed by atoms with Gasteiger partial charge in [0.15, 0.2) is 0 Å². The van der Waals surface area contributed by atoms with Crippen molar-refractivity contribution in [2.75, 3.05) is 0 Å². The Morgan fingerprint density at radius 2 is 1.75 bits per heavy atom. The van der Waals surface area contributed by atoms with E-state index in [2.05, 4.69) is 46.8 Å². The zero-order valence-electron chi connectivity index (χ0n) is 13.0. The van der Waals surface area contributed by atoms with Crippen molar-refractivity contribution in [3.8, 4) is 0 Å². The van der Waals surface area contributed by atoms with Gasteiger partial charge < -0.3 is 5.11 Å². The highest BCUT2D eigenvalue weighted by Crippen LogP contribution is 2.29. The maximum atomic E-state index is 10.3. The number of hydrogen-bond acceptors (Lipinski definition) is 2. The lowest BCUT2D eigenvalue weighted by Crippen LogP contribution is -2.13. The van der Waals surface area contributed by atoms with Crippen molar-refractivity contribution in [3.05, 3.63) is 56.8 Å². The standard InChI is InChI=1S/C18H24OS/c1-12-8-15(18(3,4)5)9-13(2)16(12)10-17(19)14-6-7-20-11-14/h6-9,11,17,19H,10H2,1-5H3. The zero-order chi connectivity index (χ0) is 14.9. The van der Waals surface area contributed by atoms with Crippen molar-refractivity contribution in [1.82, 2.24) is 0 Å². The number of aliphatic hydroxyl groups is 1. The first-order valence-corrected chi connectivity index (χ1v) is 8.04. The van der Waals surface area contributed by atoms with Crippen LogP contribution in [0.3, 0.4) is 0 Å². The summed E-state index contributed by atoms with van der Waals surface area (Å²) in [5, 5.41) is 14.4. The average Bonchev–Trinajstić information content (AvgIpc) is 2.85. The molecule has 2 aromatic rings. The van der Waals surface area contributed by atoms with E-state index in [9.17, 15) is 5.11 Å². The topological polar surface area (TPSA) is 20.2 Å². The Kier molecular flexibility index (Phi) is 4.36. The van der Waals surface area contributed by atoms with Crippen LogP contribution in [0.25, 0.3) is 0 Å². The molecule has 0 bridgehead atoms. The lowest BCUT2D eigenvalue weighted by molar-refractivity contribution is 0.178. The number of aryl methyl sites for hydroxylation is 2. The Morgan fingerprint density at radius 1 is 1.15 bits per heavy atom. The van der Waals surface area contributed by atoms with Crippen molar-refractivity contribution in [1.29, 1.82) is 0 Å². The predicted molar refractivity (Wildman–Crippen MR) is 87.6 cm³/mol. The highest BCUT2D eigenvalue weighted by molar-refractivity contribution is 7.07. The summed E-state index contributed by atoms with van der Waals surface area (Å²) in [6.45, 7) is 11.0. The monoisotopic (exact) mass is 288 g/mol. The fourth-order valence-electron chi connectivity index (χ4n) is 2.52. The van der Waals surface area contributed by atoms with Gasteiger partial charge in [-0.25, -0.2) is 0 Å². The molecule has 0 aliphatic heterocycles. The van der Waals surface area contributed by atoms with Crippen LogP contribution in [0.4, 0.5) is 0 Å². The molecule has 0 radical (unpaired) electrons. The van der Waals surface area contributed by atoms with Crippen LogP contribution in [0.5, 0.6) is 0 Å². The van der Waals surface area contributed by atoms with Crippen LogP contribution in [0.2, 0.25) is 0 Å². The Bertz CT molecular complexity index is 553. The number of rotatable bonds is 3. The third-order valence-electron chi connectivity index (χ3n) is 3.89. The molecule has 0 aliphatic carbocycles. The van der Waals surface area contributed by atoms with Gasteiger partial charge in [-0.1, -0.05) is 32.9 Å². The van der Waals surface area contributed by atoms with Crippen LogP contribution >= 0.6 is 11.3 Å². The highest BCUT2D eigenvalue weighted by Gasteiger charge is 2.18. The molecule has 0 fully saturated rings. The van der Waals surface area contributed by atoms with Gasteiger partial charge in [0.1, 0.15) is 0 Å². The maximum Gasteiger partial charge on any atom is 0.0838 e. The highest BCUT2D eigenvalue weighted by atomic mass is 32.1. The van der Waals surface area contributed by atoms with E-state index in [-0.39, 0.29) is 5.41 Å². The lowest BCUT2D eigenvalue weighted by atomic mass is 9.83. The minimum absolute atomic E-state index is 0.167. The van der Waals surface area contributed by atoms with Crippen molar-refractivity contribution < 1.29 is 5.11 Å². The minimum atomic E-state index is -0.404. The van der Waals surface area contributed by atoms with E-state index in [0.29, 0.717) is 6.42 Å². The van der Waals surface area contributed by atoms with Gasteiger partial charge in [-0.2, -0.15) is 11.3 Å². The Morgan fingerprint density at radius 3 is 2.20 bits per heavy atom. The molecule has 0 aliphatic rings. The smallest absolute Gasteiger partial charge is 0.0838 e. The second kappa shape index (κ2) is 5.71. The fourth-order valence-corrected chi connectivity index (χ4v) is 3.23. The van der Waals surface area contributed by atoms with E-state index in [1.54, 1.807) is 11.3 Å². The number of benzene rings is 1. The second-order valence-corrected chi connectivity index (χ2v) is 7.40. The number of hydrogen-bond donors (Lipinski definition) is 1. The van der Waals surface area contributed by atoms with Crippen LogP contribution in [-0.2, 0) is 11.8 Å². The van der Waals surface area contributed by atoms with Crippen molar-refractivity contribution in [3.63, 3.8) is 0 Å². The van der Waals surface area contributed by atoms with E-state index >= 15 is 0 Å². The van der Waals surface area contributed by atoms with Gasteiger partial charge in [-0.15, -0.1) is 0 Å². The van der Waals surface area contributed by atoms with Crippen LogP contribution < -0.4 is 0 Å². The van der Waals surface area contributed by atoms with Gasteiger partial charge in [0.05, 0.1) is 6.10 Å². The van der Waals surface area contributed by atoms with E-state index < -0.39 is 6.10 Å². The number of thiophene rings is 1. The Labute approximate surface area is 126 Å². The van der Waals surface area contributed by atoms with Crippen molar-refractivity contribution in [2.24, 2.45) is 0 Å². The lowest BCUT2D eigenvalue weighted by Gasteiger charge is -2.23. The summed E-state index contributed by atoms with van der Waals surface area (Å²) in [6.07, 6.45) is 0.290. The van der Waals surface area contributed by atoms with Crippen molar-refractivity contribution >= 4 is 11.3 Å². The fraction of sp³-hybridized carbons (Fsp3) is 0.444. The molecule has 0 saturated heterocycles. The summed E-state index contributed by atoms with van der Waals surface area (Å²) in [6, 6.07) is 6.54. The van der Waals surface area contributed by atoms with Gasteiger partial charge in [-0.05, 0) is 63.9 Å². The molecule has 2 rings (SSSR count). The largest absolute Gasteiger partial charge is 0.388 e. The summed E-state index contributed by atoms with van der Waals surface area (Å²) in [4.78, 5) is 0. The molecule has 20 heavy (non-hydrogen) atoms. The normalized spacial score (nSPS) is 13.5. The molecule has 1 aromatic carbocycles. The molecule has 1 N–H and O–H groups in total. The van der Waals surface area contributed by atoms with E-state index in [4.69, 9.17) is 0 Å². The van der Waals surface area contributed by atoms with Crippen LogP contribution in [-0.4, -0.2) is 5.11 Å². The SMILES string of the molecule is Cc1cc(C(C)(C)C)cc(C)c1CC(O)c1ccsc1.